The third kappa shape index (κ3) is 5.68. The molecule has 0 aliphatic carbocycles. The number of hydrogen-bond acceptors (Lipinski definition) is 2. The average Bonchev–Trinajstić information content (AvgIpc) is 2.48. The highest BCUT2D eigenvalue weighted by Gasteiger charge is 2.24. The van der Waals surface area contributed by atoms with Gasteiger partial charge in [-0.2, -0.15) is 0 Å². The van der Waals surface area contributed by atoms with Gasteiger partial charge in [-0.05, 0) is 37.3 Å². The van der Waals surface area contributed by atoms with E-state index < -0.39 is 0 Å². The van der Waals surface area contributed by atoms with Crippen LogP contribution in [0.3, 0.4) is 0 Å². The van der Waals surface area contributed by atoms with Crippen LogP contribution >= 0.6 is 12.4 Å². The number of amides is 1. The molecular weight excluding hydrogens is 284 g/mol. The summed E-state index contributed by atoms with van der Waals surface area (Å²) in [6, 6.07) is 10.4. The van der Waals surface area contributed by atoms with Crippen LogP contribution in [0.2, 0.25) is 0 Å². The Morgan fingerprint density at radius 1 is 1.33 bits per heavy atom. The Morgan fingerprint density at radius 3 is 2.62 bits per heavy atom. The fourth-order valence-electron chi connectivity index (χ4n) is 2.80. The maximum absolute atomic E-state index is 12.4. The van der Waals surface area contributed by atoms with Crippen molar-refractivity contribution in [1.82, 2.24) is 10.6 Å². The van der Waals surface area contributed by atoms with E-state index in [2.05, 4.69) is 36.6 Å². The molecule has 3 nitrogen and oxygen atoms in total. The first-order chi connectivity index (χ1) is 9.66. The van der Waals surface area contributed by atoms with Crippen molar-refractivity contribution in [2.45, 2.75) is 39.2 Å². The minimum atomic E-state index is 0. The first-order valence-electron chi connectivity index (χ1n) is 7.73. The molecule has 0 bridgehead atoms. The van der Waals surface area contributed by atoms with Crippen LogP contribution in [-0.4, -0.2) is 19.0 Å². The van der Waals surface area contributed by atoms with Crippen LogP contribution in [0.25, 0.3) is 0 Å². The van der Waals surface area contributed by atoms with E-state index in [1.165, 1.54) is 5.56 Å². The van der Waals surface area contributed by atoms with E-state index in [-0.39, 0.29) is 30.3 Å². The molecule has 1 fully saturated rings. The fourth-order valence-corrected chi connectivity index (χ4v) is 2.80. The van der Waals surface area contributed by atoms with Gasteiger partial charge in [-0.25, -0.2) is 0 Å². The zero-order valence-electron chi connectivity index (χ0n) is 13.0. The van der Waals surface area contributed by atoms with Crippen molar-refractivity contribution in [1.29, 1.82) is 0 Å². The Kier molecular flexibility index (Phi) is 7.76. The van der Waals surface area contributed by atoms with Gasteiger partial charge in [0.25, 0.3) is 0 Å². The Morgan fingerprint density at radius 2 is 2.05 bits per heavy atom. The van der Waals surface area contributed by atoms with Crippen molar-refractivity contribution in [3.05, 3.63) is 35.9 Å². The monoisotopic (exact) mass is 310 g/mol. The zero-order chi connectivity index (χ0) is 14.4. The number of nitrogens with one attached hydrogen (secondary N) is 2. The van der Waals surface area contributed by atoms with Crippen LogP contribution in [0.1, 0.15) is 44.7 Å². The molecule has 1 aromatic carbocycles. The zero-order valence-corrected chi connectivity index (χ0v) is 13.8. The lowest BCUT2D eigenvalue weighted by atomic mass is 9.94. The third-order valence-corrected chi connectivity index (χ3v) is 3.89. The molecule has 2 atom stereocenters. The number of halogens is 1. The quantitative estimate of drug-likeness (QED) is 0.876. The summed E-state index contributed by atoms with van der Waals surface area (Å²) in [6.45, 7) is 6.25. The topological polar surface area (TPSA) is 41.1 Å². The second-order valence-corrected chi connectivity index (χ2v) is 6.14. The summed E-state index contributed by atoms with van der Waals surface area (Å²) in [4.78, 5) is 12.4. The van der Waals surface area contributed by atoms with Crippen LogP contribution in [0.4, 0.5) is 0 Å². The van der Waals surface area contributed by atoms with Crippen LogP contribution < -0.4 is 10.6 Å². The summed E-state index contributed by atoms with van der Waals surface area (Å²) in [5.74, 6) is 0.888. The molecule has 1 amide bonds. The highest BCUT2D eigenvalue weighted by atomic mass is 35.5. The number of carbonyl (C=O) groups excluding carboxylic acids is 1. The summed E-state index contributed by atoms with van der Waals surface area (Å²) in [7, 11) is 0. The largest absolute Gasteiger partial charge is 0.349 e. The van der Waals surface area contributed by atoms with Gasteiger partial charge in [0.1, 0.15) is 0 Å². The van der Waals surface area contributed by atoms with Crippen LogP contribution in [0, 0.1) is 11.8 Å². The maximum Gasteiger partial charge on any atom is 0.224 e. The summed E-state index contributed by atoms with van der Waals surface area (Å²) < 4.78 is 0. The fraction of sp³-hybridized carbons (Fsp3) is 0.588. The number of benzene rings is 1. The molecule has 0 aromatic heterocycles. The van der Waals surface area contributed by atoms with Crippen LogP contribution in [0.5, 0.6) is 0 Å². The van der Waals surface area contributed by atoms with Gasteiger partial charge >= 0.3 is 0 Å². The first kappa shape index (κ1) is 18.0. The molecule has 21 heavy (non-hydrogen) atoms. The van der Waals surface area contributed by atoms with E-state index in [9.17, 15) is 4.79 Å². The van der Waals surface area contributed by atoms with Crippen molar-refractivity contribution < 1.29 is 4.79 Å². The number of hydrogen-bond donors (Lipinski definition) is 2. The van der Waals surface area contributed by atoms with Gasteiger partial charge in [-0.15, -0.1) is 12.4 Å². The molecule has 4 heteroatoms. The lowest BCUT2D eigenvalue weighted by Gasteiger charge is -2.26. The SMILES string of the molecule is CC(C)CC(NC(=O)C1CCCNC1)c1ccccc1.Cl. The Bertz CT molecular complexity index is 416. The van der Waals surface area contributed by atoms with E-state index in [1.54, 1.807) is 0 Å². The maximum atomic E-state index is 12.4. The Labute approximate surface area is 134 Å². The van der Waals surface area contributed by atoms with Crippen molar-refractivity contribution in [2.75, 3.05) is 13.1 Å². The van der Waals surface area contributed by atoms with E-state index in [0.717, 1.165) is 32.4 Å². The lowest BCUT2D eigenvalue weighted by molar-refractivity contribution is -0.126. The summed E-state index contributed by atoms with van der Waals surface area (Å²) in [5, 5.41) is 6.56. The van der Waals surface area contributed by atoms with Crippen molar-refractivity contribution >= 4 is 18.3 Å². The van der Waals surface area contributed by atoms with Crippen LogP contribution in [-0.2, 0) is 4.79 Å². The van der Waals surface area contributed by atoms with Gasteiger partial charge in [0, 0.05) is 6.54 Å². The van der Waals surface area contributed by atoms with Crippen molar-refractivity contribution in [3.63, 3.8) is 0 Å². The molecule has 2 rings (SSSR count). The summed E-state index contributed by atoms with van der Waals surface area (Å²) >= 11 is 0. The molecule has 0 spiro atoms. The first-order valence-corrected chi connectivity index (χ1v) is 7.73. The minimum absolute atomic E-state index is 0. The van der Waals surface area contributed by atoms with Crippen LogP contribution in [0.15, 0.2) is 30.3 Å². The van der Waals surface area contributed by atoms with Gasteiger partial charge in [0.2, 0.25) is 5.91 Å². The van der Waals surface area contributed by atoms with Gasteiger partial charge in [-0.3, -0.25) is 4.79 Å². The van der Waals surface area contributed by atoms with E-state index >= 15 is 0 Å². The lowest BCUT2D eigenvalue weighted by Crippen LogP contribution is -2.42. The van der Waals surface area contributed by atoms with Gasteiger partial charge < -0.3 is 10.6 Å². The minimum Gasteiger partial charge on any atom is -0.349 e. The smallest absolute Gasteiger partial charge is 0.224 e. The molecule has 1 heterocycles. The molecule has 1 saturated heterocycles. The molecule has 2 N–H and O–H groups in total. The Hall–Kier alpha value is -1.06. The number of rotatable bonds is 5. The second kappa shape index (κ2) is 9.06. The normalized spacial score (nSPS) is 19.7. The predicted molar refractivity (Wildman–Crippen MR) is 89.6 cm³/mol. The number of carbonyl (C=O) groups is 1. The average molecular weight is 311 g/mol. The highest BCUT2D eigenvalue weighted by molar-refractivity contribution is 5.85. The van der Waals surface area contributed by atoms with Gasteiger partial charge in [-0.1, -0.05) is 44.2 Å². The molecule has 0 saturated carbocycles. The van der Waals surface area contributed by atoms with Crippen molar-refractivity contribution in [3.8, 4) is 0 Å². The van der Waals surface area contributed by atoms with E-state index in [4.69, 9.17) is 0 Å². The van der Waals surface area contributed by atoms with E-state index in [1.807, 2.05) is 18.2 Å². The summed E-state index contributed by atoms with van der Waals surface area (Å²) in [6.07, 6.45) is 3.08. The molecule has 118 valence electrons. The molecule has 1 aliphatic rings. The van der Waals surface area contributed by atoms with Crippen molar-refractivity contribution in [2.24, 2.45) is 11.8 Å². The standard InChI is InChI=1S/C17H26N2O.ClH/c1-13(2)11-16(14-7-4-3-5-8-14)19-17(20)15-9-6-10-18-12-15;/h3-5,7-8,13,15-16,18H,6,9-12H2,1-2H3,(H,19,20);1H. The van der Waals surface area contributed by atoms with E-state index in [0.29, 0.717) is 5.92 Å². The molecule has 2 unspecified atom stereocenters. The number of piperidine rings is 1. The second-order valence-electron chi connectivity index (χ2n) is 6.14. The summed E-state index contributed by atoms with van der Waals surface area (Å²) in [5.41, 5.74) is 1.21. The van der Waals surface area contributed by atoms with Gasteiger partial charge in [0.05, 0.1) is 12.0 Å². The molecular formula is C17H27ClN2O. The third-order valence-electron chi connectivity index (χ3n) is 3.89. The highest BCUT2D eigenvalue weighted by Crippen LogP contribution is 2.22. The Balaban J connectivity index is 0.00000220. The molecule has 0 radical (unpaired) electrons. The molecule has 1 aliphatic heterocycles. The molecule has 1 aromatic rings. The van der Waals surface area contributed by atoms with Gasteiger partial charge in [0.15, 0.2) is 0 Å². The predicted octanol–water partition coefficient (Wildman–Crippen LogP) is 3.31.